The molecule has 0 aliphatic carbocycles. The Morgan fingerprint density at radius 3 is 1.42 bits per heavy atom. The Labute approximate surface area is 385 Å². The molecule has 0 fully saturated rings. The Balaban J connectivity index is 0.000000196. The summed E-state index contributed by atoms with van der Waals surface area (Å²) in [6.07, 6.45) is 0. The highest BCUT2D eigenvalue weighted by molar-refractivity contribution is 6.31. The van der Waals surface area contributed by atoms with Crippen LogP contribution in [0.4, 0.5) is 24.5 Å². The van der Waals surface area contributed by atoms with Crippen molar-refractivity contribution in [3.05, 3.63) is 160 Å². The van der Waals surface area contributed by atoms with Gasteiger partial charge in [-0.05, 0) is 93.4 Å². The number of carbonyl (C=O) groups is 2. The van der Waals surface area contributed by atoms with Gasteiger partial charge in [-0.2, -0.15) is 19.6 Å². The van der Waals surface area contributed by atoms with Crippen molar-refractivity contribution in [2.24, 2.45) is 0 Å². The molecule has 0 saturated carbocycles. The Morgan fingerprint density at radius 2 is 1.00 bits per heavy atom. The van der Waals surface area contributed by atoms with Gasteiger partial charge < -0.3 is 20.1 Å². The van der Waals surface area contributed by atoms with E-state index in [-0.39, 0.29) is 71.8 Å². The molecule has 22 heteroatoms. The van der Waals surface area contributed by atoms with Gasteiger partial charge in [-0.15, -0.1) is 0 Å². The Kier molecular flexibility index (Phi) is 13.3. The zero-order valence-corrected chi connectivity index (χ0v) is 37.5. The summed E-state index contributed by atoms with van der Waals surface area (Å²) < 4.78 is 55.4. The molecule has 2 amide bonds. The summed E-state index contributed by atoms with van der Waals surface area (Å²) >= 11 is 17.7. The Morgan fingerprint density at radius 1 is 0.576 bits per heavy atom. The van der Waals surface area contributed by atoms with Crippen LogP contribution in [0.3, 0.4) is 0 Å². The quantitative estimate of drug-likeness (QED) is 0.138. The summed E-state index contributed by atoms with van der Waals surface area (Å²) in [7, 11) is 2.68. The van der Waals surface area contributed by atoms with Crippen molar-refractivity contribution in [3.63, 3.8) is 0 Å². The van der Waals surface area contributed by atoms with E-state index in [4.69, 9.17) is 44.3 Å². The van der Waals surface area contributed by atoms with Crippen LogP contribution in [0.25, 0.3) is 33.4 Å². The second-order valence-electron chi connectivity index (χ2n) is 14.2. The fourth-order valence-electron chi connectivity index (χ4n) is 6.31. The van der Waals surface area contributed by atoms with E-state index in [2.05, 4.69) is 40.8 Å². The number of pyridine rings is 4. The number of hydrogen-bond donors (Lipinski definition) is 2. The van der Waals surface area contributed by atoms with Crippen LogP contribution in [0.5, 0.6) is 11.8 Å². The maximum atomic E-state index is 14.8. The van der Waals surface area contributed by atoms with Crippen molar-refractivity contribution < 1.29 is 32.2 Å². The number of amides is 2. The minimum absolute atomic E-state index is 0.00266. The fourth-order valence-corrected chi connectivity index (χ4v) is 6.83. The molecule has 2 N–H and O–H groups in total. The molecule has 8 aromatic rings. The zero-order valence-electron chi connectivity index (χ0n) is 35.2. The predicted octanol–water partition coefficient (Wildman–Crippen LogP) is 8.48. The Bertz CT molecular complexity index is 3200. The molecular formula is C44H32Cl3F3N10O6. The minimum Gasteiger partial charge on any atom is -0.481 e. The molecule has 0 spiro atoms. The molecule has 0 unspecified atom stereocenters. The van der Waals surface area contributed by atoms with Crippen LogP contribution in [-0.2, 0) is 0 Å². The third-order valence-corrected chi connectivity index (χ3v) is 10.5. The average molecular weight is 960 g/mol. The SMILES string of the molecule is COc1cc(NC(=O)c2nn(-c3ccc(Cl)cc3F)c3cc(C)c(C)nc3c2=O)cc(Cl)n1.COc1cc(NC(=O)c2nn(-c3ccc(Cl)cc3F)c3cc(C)c(C)nc3c2=O)cc(F)n1. The van der Waals surface area contributed by atoms with E-state index >= 15 is 0 Å². The summed E-state index contributed by atoms with van der Waals surface area (Å²) in [6, 6.07) is 16.2. The van der Waals surface area contributed by atoms with Gasteiger partial charge in [0.05, 0.1) is 30.9 Å². The Hall–Kier alpha value is -7.48. The van der Waals surface area contributed by atoms with Gasteiger partial charge >= 0.3 is 0 Å². The molecule has 0 saturated heterocycles. The van der Waals surface area contributed by atoms with Crippen molar-refractivity contribution >= 4 is 80.1 Å². The lowest BCUT2D eigenvalue weighted by Crippen LogP contribution is -2.28. The van der Waals surface area contributed by atoms with E-state index in [0.29, 0.717) is 11.4 Å². The maximum absolute atomic E-state index is 14.8. The second kappa shape index (κ2) is 18.9. The number of carbonyl (C=O) groups excluding carboxylic acids is 2. The second-order valence-corrected chi connectivity index (χ2v) is 15.5. The van der Waals surface area contributed by atoms with Gasteiger partial charge in [0.2, 0.25) is 28.6 Å². The first-order valence-corrected chi connectivity index (χ1v) is 20.3. The number of ether oxygens (including phenoxy) is 2. The molecule has 0 atom stereocenters. The first-order chi connectivity index (χ1) is 31.3. The van der Waals surface area contributed by atoms with Gasteiger partial charge in [-0.1, -0.05) is 34.8 Å². The van der Waals surface area contributed by atoms with Crippen molar-refractivity contribution in [1.29, 1.82) is 0 Å². The number of nitrogens with zero attached hydrogens (tertiary/aromatic N) is 8. The number of benzene rings is 2. The summed E-state index contributed by atoms with van der Waals surface area (Å²) in [5.41, 5.74) is 0.647. The summed E-state index contributed by atoms with van der Waals surface area (Å²) in [5, 5.41) is 13.7. The highest BCUT2D eigenvalue weighted by atomic mass is 35.5. The number of methoxy groups -OCH3 is 2. The summed E-state index contributed by atoms with van der Waals surface area (Å²) in [4.78, 5) is 68.3. The monoisotopic (exact) mass is 958 g/mol. The third-order valence-electron chi connectivity index (χ3n) is 9.79. The lowest BCUT2D eigenvalue weighted by atomic mass is 10.1. The van der Waals surface area contributed by atoms with Crippen LogP contribution in [-0.4, -0.2) is 65.5 Å². The largest absolute Gasteiger partial charge is 0.481 e. The normalized spacial score (nSPS) is 11.0. The van der Waals surface area contributed by atoms with Crippen LogP contribution >= 0.6 is 34.8 Å². The number of halogens is 6. The van der Waals surface area contributed by atoms with Crippen LogP contribution in [0.1, 0.15) is 43.5 Å². The van der Waals surface area contributed by atoms with Gasteiger partial charge in [0.1, 0.15) is 39.2 Å². The number of aryl methyl sites for hydroxylation is 4. The van der Waals surface area contributed by atoms with E-state index in [9.17, 15) is 32.3 Å². The highest BCUT2D eigenvalue weighted by Crippen LogP contribution is 2.26. The average Bonchev–Trinajstić information content (AvgIpc) is 3.25. The van der Waals surface area contributed by atoms with Gasteiger partial charge in [-0.25, -0.2) is 33.1 Å². The lowest BCUT2D eigenvalue weighted by Gasteiger charge is -2.14. The molecular weight excluding hydrogens is 928 g/mol. The van der Waals surface area contributed by atoms with E-state index in [1.807, 2.05) is 0 Å². The van der Waals surface area contributed by atoms with Gasteiger partial charge in [0, 0.05) is 45.3 Å². The standard InChI is InChI=1S/C22H16Cl2FN5O3.C22H16ClF2N5O3/c1-10-6-16-19(26-11(10)2)21(31)20(29-30(16)15-5-4-12(23)7-14(15)25)22(32)27-13-8-17(24)28-18(9-13)33-3;1-10-6-16-19(26-11(10)2)21(31)20(29-30(16)15-5-4-12(23)7-14(15)24)22(32)27-13-8-17(25)28-18(9-13)33-3/h2*4-9H,1-3H3,(H,27,28,32). The first kappa shape index (κ1) is 46.5. The van der Waals surface area contributed by atoms with Crippen LogP contribution in [0.15, 0.2) is 82.4 Å². The summed E-state index contributed by atoms with van der Waals surface area (Å²) in [5.74, 6) is -4.00. The molecule has 336 valence electrons. The zero-order chi connectivity index (χ0) is 47.7. The van der Waals surface area contributed by atoms with Crippen molar-refractivity contribution in [1.82, 2.24) is 39.5 Å². The number of aromatic nitrogens is 8. The molecule has 8 rings (SSSR count). The minimum atomic E-state index is -0.947. The van der Waals surface area contributed by atoms with Crippen molar-refractivity contribution in [2.45, 2.75) is 27.7 Å². The molecule has 2 aromatic carbocycles. The molecule has 0 aliphatic rings. The first-order valence-electron chi connectivity index (χ1n) is 19.1. The van der Waals surface area contributed by atoms with E-state index < -0.39 is 51.6 Å². The number of fused-ring (bicyclic) bond motifs is 2. The summed E-state index contributed by atoms with van der Waals surface area (Å²) in [6.45, 7) is 7.01. The highest BCUT2D eigenvalue weighted by Gasteiger charge is 2.24. The van der Waals surface area contributed by atoms with Crippen LogP contribution in [0, 0.1) is 45.3 Å². The van der Waals surface area contributed by atoms with E-state index in [0.717, 1.165) is 38.7 Å². The molecule has 16 nitrogen and oxygen atoms in total. The van der Waals surface area contributed by atoms with E-state index in [1.165, 1.54) is 56.7 Å². The fraction of sp³-hybridized carbons (Fsp3) is 0.136. The van der Waals surface area contributed by atoms with Gasteiger partial charge in [-0.3, -0.25) is 19.2 Å². The van der Waals surface area contributed by atoms with E-state index in [1.54, 1.807) is 39.8 Å². The molecule has 0 radical (unpaired) electrons. The maximum Gasteiger partial charge on any atom is 0.280 e. The smallest absolute Gasteiger partial charge is 0.280 e. The van der Waals surface area contributed by atoms with Gasteiger partial charge in [0.25, 0.3) is 11.8 Å². The predicted molar refractivity (Wildman–Crippen MR) is 242 cm³/mol. The lowest BCUT2D eigenvalue weighted by molar-refractivity contribution is 0.101. The van der Waals surface area contributed by atoms with Crippen LogP contribution in [0.2, 0.25) is 15.2 Å². The van der Waals surface area contributed by atoms with Crippen molar-refractivity contribution in [2.75, 3.05) is 24.9 Å². The number of hydrogen-bond acceptors (Lipinski definition) is 12. The molecule has 66 heavy (non-hydrogen) atoms. The number of nitrogens with one attached hydrogen (secondary N) is 2. The molecule has 0 bridgehead atoms. The van der Waals surface area contributed by atoms with Gasteiger partial charge in [0.15, 0.2) is 11.4 Å². The molecule has 0 aliphatic heterocycles. The van der Waals surface area contributed by atoms with Crippen molar-refractivity contribution in [3.8, 4) is 23.1 Å². The number of rotatable bonds is 8. The molecule has 6 heterocycles. The van der Waals surface area contributed by atoms with Crippen LogP contribution < -0.4 is 31.0 Å². The topological polar surface area (TPSA) is 198 Å². The third kappa shape index (κ3) is 9.63. The number of anilines is 2. The molecule has 6 aromatic heterocycles.